The van der Waals surface area contributed by atoms with Crippen LogP contribution in [0.1, 0.15) is 0 Å². The largest absolute Gasteiger partial charge is 0.293 e. The van der Waals surface area contributed by atoms with Crippen molar-refractivity contribution in [3.8, 4) is 0 Å². The van der Waals surface area contributed by atoms with Crippen LogP contribution in [-0.4, -0.2) is 17.3 Å². The molecule has 3 heteroatoms. The molecule has 0 rings (SSSR count). The van der Waals surface area contributed by atoms with E-state index in [9.17, 15) is 14.4 Å². The van der Waals surface area contributed by atoms with Crippen LogP contribution in [0.15, 0.2) is 38.0 Å². The molecule has 0 aliphatic rings. The van der Waals surface area contributed by atoms with E-state index in [0.717, 1.165) is 18.2 Å². The predicted octanol–water partition coefficient (Wildman–Crippen LogP) is 0.826. The molecule has 0 fully saturated rings. The molecular formula is C10H9O3. The molecule has 0 saturated carbocycles. The fourth-order valence-electron chi connectivity index (χ4n) is 0.670. The van der Waals surface area contributed by atoms with Crippen LogP contribution in [0.25, 0.3) is 0 Å². The van der Waals surface area contributed by atoms with Crippen LogP contribution >= 0.6 is 0 Å². The fraction of sp³-hybridized carbons (Fsp3) is 0. The molecule has 3 nitrogen and oxygen atoms in total. The lowest BCUT2D eigenvalue weighted by atomic mass is 9.94. The first-order valence-corrected chi connectivity index (χ1v) is 3.45. The van der Waals surface area contributed by atoms with E-state index >= 15 is 0 Å². The van der Waals surface area contributed by atoms with Gasteiger partial charge in [0, 0.05) is 0 Å². The average molecular weight is 177 g/mol. The molecule has 0 heterocycles. The molecule has 1 radical (unpaired) electrons. The van der Waals surface area contributed by atoms with Crippen LogP contribution in [0.2, 0.25) is 0 Å². The number of carbonyl (C=O) groups excluding carboxylic acids is 3. The molecule has 0 aliphatic carbocycles. The van der Waals surface area contributed by atoms with Crippen LogP contribution in [0.4, 0.5) is 0 Å². The summed E-state index contributed by atoms with van der Waals surface area (Å²) in [7, 11) is 0. The van der Waals surface area contributed by atoms with E-state index in [1.54, 1.807) is 0 Å². The first kappa shape index (κ1) is 11.2. The Bertz CT molecular complexity index is 239. The van der Waals surface area contributed by atoms with E-state index < -0.39 is 23.3 Å². The number of allylic oxidation sites excluding steroid dienone is 3. The molecule has 0 aromatic rings. The molecule has 0 spiro atoms. The van der Waals surface area contributed by atoms with E-state index in [4.69, 9.17) is 0 Å². The highest BCUT2D eigenvalue weighted by atomic mass is 16.2. The Morgan fingerprint density at radius 1 is 0.692 bits per heavy atom. The quantitative estimate of drug-likeness (QED) is 0.446. The highest BCUT2D eigenvalue weighted by Gasteiger charge is 2.29. The van der Waals surface area contributed by atoms with Gasteiger partial charge < -0.3 is 0 Å². The Morgan fingerprint density at radius 3 is 1.08 bits per heavy atom. The van der Waals surface area contributed by atoms with Crippen LogP contribution in [0, 0.1) is 5.92 Å². The second kappa shape index (κ2) is 4.98. The van der Waals surface area contributed by atoms with Crippen LogP contribution in [0.5, 0.6) is 0 Å². The topological polar surface area (TPSA) is 51.2 Å². The fourth-order valence-corrected chi connectivity index (χ4v) is 0.670. The van der Waals surface area contributed by atoms with Crippen molar-refractivity contribution in [1.82, 2.24) is 0 Å². The lowest BCUT2D eigenvalue weighted by Crippen LogP contribution is -2.25. The SMILES string of the molecule is C=CC(=O)[C](C(=O)C=C)C(=O)C=C. The first-order valence-electron chi connectivity index (χ1n) is 3.45. The predicted molar refractivity (Wildman–Crippen MR) is 48.9 cm³/mol. The second-order valence-electron chi connectivity index (χ2n) is 2.08. The minimum Gasteiger partial charge on any atom is -0.293 e. The van der Waals surface area contributed by atoms with Gasteiger partial charge in [-0.3, -0.25) is 14.4 Å². The maximum atomic E-state index is 11.0. The van der Waals surface area contributed by atoms with E-state index in [2.05, 4.69) is 19.7 Å². The normalized spacial score (nSPS) is 9.00. The summed E-state index contributed by atoms with van der Waals surface area (Å²) in [5.74, 6) is -2.61. The molecule has 13 heavy (non-hydrogen) atoms. The van der Waals surface area contributed by atoms with Gasteiger partial charge in [-0.15, -0.1) is 0 Å². The second-order valence-corrected chi connectivity index (χ2v) is 2.08. The van der Waals surface area contributed by atoms with Crippen molar-refractivity contribution >= 4 is 17.3 Å². The van der Waals surface area contributed by atoms with Crippen molar-refractivity contribution in [2.75, 3.05) is 0 Å². The number of hydrogen-bond acceptors (Lipinski definition) is 3. The van der Waals surface area contributed by atoms with Gasteiger partial charge in [-0.2, -0.15) is 0 Å². The summed E-state index contributed by atoms with van der Waals surface area (Å²) in [4.78, 5) is 33.1. The molecule has 0 unspecified atom stereocenters. The number of rotatable bonds is 6. The lowest BCUT2D eigenvalue weighted by Gasteiger charge is -2.03. The number of hydrogen-bond donors (Lipinski definition) is 0. The van der Waals surface area contributed by atoms with Gasteiger partial charge in [-0.05, 0) is 18.2 Å². The van der Waals surface area contributed by atoms with E-state index in [0.29, 0.717) is 0 Å². The minimum atomic E-state index is -0.713. The van der Waals surface area contributed by atoms with Crippen molar-refractivity contribution in [1.29, 1.82) is 0 Å². The maximum Gasteiger partial charge on any atom is 0.185 e. The number of ketones is 3. The van der Waals surface area contributed by atoms with Crippen molar-refractivity contribution in [3.05, 3.63) is 43.9 Å². The highest BCUT2D eigenvalue weighted by molar-refractivity contribution is 6.41. The van der Waals surface area contributed by atoms with Crippen molar-refractivity contribution in [3.63, 3.8) is 0 Å². The maximum absolute atomic E-state index is 11.0. The molecule has 67 valence electrons. The minimum absolute atomic E-state index is 0.472. The van der Waals surface area contributed by atoms with Crippen LogP contribution < -0.4 is 0 Å². The molecule has 0 aromatic carbocycles. The van der Waals surface area contributed by atoms with Gasteiger partial charge in [-0.1, -0.05) is 19.7 Å². The summed E-state index contributed by atoms with van der Waals surface area (Å²) in [6.45, 7) is 9.51. The average Bonchev–Trinajstić information content (AvgIpc) is 2.16. The summed E-state index contributed by atoms with van der Waals surface area (Å²) >= 11 is 0. The zero-order valence-electron chi connectivity index (χ0n) is 7.08. The third-order valence-corrected chi connectivity index (χ3v) is 1.30. The Labute approximate surface area is 76.4 Å². The van der Waals surface area contributed by atoms with Gasteiger partial charge in [0.2, 0.25) is 0 Å². The van der Waals surface area contributed by atoms with Crippen molar-refractivity contribution < 1.29 is 14.4 Å². The van der Waals surface area contributed by atoms with Gasteiger partial charge in [0.05, 0.1) is 0 Å². The number of carbonyl (C=O) groups is 3. The van der Waals surface area contributed by atoms with Gasteiger partial charge in [0.15, 0.2) is 23.3 Å². The summed E-state index contributed by atoms with van der Waals surface area (Å²) in [5.41, 5.74) is 0. The summed E-state index contributed by atoms with van der Waals surface area (Å²) in [6.07, 6.45) is 2.70. The molecular weight excluding hydrogens is 168 g/mol. The molecule has 0 aliphatic heterocycles. The third kappa shape index (κ3) is 2.63. The van der Waals surface area contributed by atoms with Gasteiger partial charge in [0.25, 0.3) is 0 Å². The first-order chi connectivity index (χ1) is 6.08. The van der Waals surface area contributed by atoms with Crippen molar-refractivity contribution in [2.45, 2.75) is 0 Å². The van der Waals surface area contributed by atoms with E-state index in [-0.39, 0.29) is 0 Å². The Kier molecular flexibility index (Phi) is 4.30. The lowest BCUT2D eigenvalue weighted by molar-refractivity contribution is -0.125. The van der Waals surface area contributed by atoms with Crippen LogP contribution in [0.3, 0.4) is 0 Å². The van der Waals surface area contributed by atoms with Crippen molar-refractivity contribution in [2.24, 2.45) is 0 Å². The Hall–Kier alpha value is -1.77. The molecule has 0 saturated heterocycles. The summed E-state index contributed by atoms with van der Waals surface area (Å²) in [5, 5.41) is 0. The standard InChI is InChI=1S/C10H9O3/c1-4-7(11)10(8(12)5-2)9(13)6-3/h4-6H,1-3H2. The van der Waals surface area contributed by atoms with Crippen LogP contribution in [-0.2, 0) is 14.4 Å². The zero-order valence-corrected chi connectivity index (χ0v) is 7.08. The molecule has 0 aromatic heterocycles. The molecule has 0 bridgehead atoms. The van der Waals surface area contributed by atoms with Gasteiger partial charge in [-0.25, -0.2) is 0 Å². The zero-order chi connectivity index (χ0) is 10.4. The molecule has 0 atom stereocenters. The Morgan fingerprint density at radius 2 is 0.923 bits per heavy atom. The van der Waals surface area contributed by atoms with E-state index in [1.807, 2.05) is 0 Å². The molecule has 0 N–H and O–H groups in total. The monoisotopic (exact) mass is 177 g/mol. The highest BCUT2D eigenvalue weighted by Crippen LogP contribution is 2.07. The smallest absolute Gasteiger partial charge is 0.185 e. The molecule has 0 amide bonds. The third-order valence-electron chi connectivity index (χ3n) is 1.30. The Balaban J connectivity index is 4.95. The van der Waals surface area contributed by atoms with E-state index in [1.165, 1.54) is 0 Å². The van der Waals surface area contributed by atoms with Gasteiger partial charge in [0.1, 0.15) is 0 Å². The summed E-state index contributed by atoms with van der Waals surface area (Å²) in [6, 6.07) is 0. The van der Waals surface area contributed by atoms with Gasteiger partial charge >= 0.3 is 0 Å². The summed E-state index contributed by atoms with van der Waals surface area (Å²) < 4.78 is 0.